The Morgan fingerprint density at radius 3 is 2.42 bits per heavy atom. The molecule has 0 aliphatic heterocycles. The molecule has 0 bridgehead atoms. The molecule has 7 heteroatoms. The van der Waals surface area contributed by atoms with Crippen LogP contribution in [0.1, 0.15) is 17.5 Å². The maximum atomic E-state index is 13.6. The van der Waals surface area contributed by atoms with Crippen LogP contribution in [-0.4, -0.2) is 39.2 Å². The third-order valence-corrected chi connectivity index (χ3v) is 3.60. The lowest BCUT2D eigenvalue weighted by molar-refractivity contribution is -0.166. The second-order valence-electron chi connectivity index (χ2n) is 5.32. The van der Waals surface area contributed by atoms with Gasteiger partial charge in [0.05, 0.1) is 6.42 Å². The van der Waals surface area contributed by atoms with Crippen LogP contribution < -0.4 is 0 Å². The molecule has 0 spiro atoms. The predicted octanol–water partition coefficient (Wildman–Crippen LogP) is 1.57. The Hall–Kier alpha value is -2.77. The van der Waals surface area contributed by atoms with Gasteiger partial charge in [-0.25, -0.2) is 9.45 Å². The average Bonchev–Trinajstić information content (AvgIpc) is 2.54. The first-order chi connectivity index (χ1) is 11.3. The van der Waals surface area contributed by atoms with Crippen LogP contribution in [0.4, 0.5) is 4.39 Å². The van der Waals surface area contributed by atoms with Crippen molar-refractivity contribution in [1.29, 1.82) is 0 Å². The second kappa shape index (κ2) is 6.77. The molecule has 0 radical (unpaired) electrons. The number of halogens is 1. The molecule has 6 nitrogen and oxygen atoms in total. The number of amides is 1. The van der Waals surface area contributed by atoms with Gasteiger partial charge < -0.3 is 10.2 Å². The summed E-state index contributed by atoms with van der Waals surface area (Å²) in [5.74, 6) is -3.31. The number of hydroxylamine groups is 2. The highest BCUT2D eigenvalue weighted by molar-refractivity contribution is 6.35. The molecule has 2 aromatic rings. The van der Waals surface area contributed by atoms with Gasteiger partial charge in [0.2, 0.25) is 5.78 Å². The molecule has 24 heavy (non-hydrogen) atoms. The van der Waals surface area contributed by atoms with Gasteiger partial charge in [0.25, 0.3) is 0 Å². The Kier molecular flexibility index (Phi) is 4.96. The van der Waals surface area contributed by atoms with Crippen molar-refractivity contribution >= 4 is 11.7 Å². The number of aliphatic hydroxyl groups is 1. The summed E-state index contributed by atoms with van der Waals surface area (Å²) in [6.07, 6.45) is -0.780. The van der Waals surface area contributed by atoms with Crippen LogP contribution in [0.3, 0.4) is 0 Å². The van der Waals surface area contributed by atoms with E-state index in [4.69, 9.17) is 5.21 Å². The number of phenols is 1. The number of carbonyl (C=O) groups is 2. The molecule has 2 aromatic carbocycles. The van der Waals surface area contributed by atoms with Crippen molar-refractivity contribution in [3.63, 3.8) is 0 Å². The first-order valence-corrected chi connectivity index (χ1v) is 7.02. The highest BCUT2D eigenvalue weighted by Crippen LogP contribution is 2.38. The Morgan fingerprint density at radius 1 is 1.17 bits per heavy atom. The molecule has 126 valence electrons. The standard InChI is InChI=1S/C17H16FNO5/c1-19(24)16(22)15(21)10-17(23,11-5-4-6-12(18)9-11)13-7-2-3-8-14(13)20/h2-9,20,23-24H,10H2,1H3. The van der Waals surface area contributed by atoms with Crippen molar-refractivity contribution in [1.82, 2.24) is 5.06 Å². The summed E-state index contributed by atoms with van der Waals surface area (Å²) >= 11 is 0. The normalized spacial score (nSPS) is 13.2. The lowest BCUT2D eigenvalue weighted by atomic mass is 9.81. The minimum atomic E-state index is -2.14. The number of Topliss-reactive ketones (excluding diaryl/α,β-unsaturated/α-hetero) is 1. The monoisotopic (exact) mass is 333 g/mol. The van der Waals surface area contributed by atoms with Gasteiger partial charge in [0.15, 0.2) is 0 Å². The van der Waals surface area contributed by atoms with E-state index in [1.54, 1.807) is 0 Å². The molecule has 0 saturated heterocycles. The molecular formula is C17H16FNO5. The lowest BCUT2D eigenvalue weighted by Crippen LogP contribution is -2.37. The SMILES string of the molecule is CN(O)C(=O)C(=O)CC(O)(c1cccc(F)c1)c1ccccc1O. The maximum Gasteiger partial charge on any atom is 0.313 e. The van der Waals surface area contributed by atoms with Gasteiger partial charge in [-0.05, 0) is 23.8 Å². The molecule has 0 heterocycles. The van der Waals surface area contributed by atoms with Crippen LogP contribution in [0.2, 0.25) is 0 Å². The number of rotatable bonds is 5. The fraction of sp³-hybridized carbons (Fsp3) is 0.176. The van der Waals surface area contributed by atoms with Gasteiger partial charge in [-0.1, -0.05) is 30.3 Å². The summed E-state index contributed by atoms with van der Waals surface area (Å²) < 4.78 is 13.6. The van der Waals surface area contributed by atoms with E-state index in [1.807, 2.05) is 0 Å². The summed E-state index contributed by atoms with van der Waals surface area (Å²) in [6, 6.07) is 10.6. The average molecular weight is 333 g/mol. The third kappa shape index (κ3) is 3.42. The van der Waals surface area contributed by atoms with E-state index in [1.165, 1.54) is 36.4 Å². The quantitative estimate of drug-likeness (QED) is 0.438. The van der Waals surface area contributed by atoms with Crippen LogP contribution in [0.5, 0.6) is 5.75 Å². The minimum absolute atomic E-state index is 0.00857. The fourth-order valence-corrected chi connectivity index (χ4v) is 2.41. The van der Waals surface area contributed by atoms with Gasteiger partial charge in [0.1, 0.15) is 17.2 Å². The highest BCUT2D eigenvalue weighted by atomic mass is 19.1. The Balaban J connectivity index is 2.56. The van der Waals surface area contributed by atoms with Crippen LogP contribution in [0.25, 0.3) is 0 Å². The Morgan fingerprint density at radius 2 is 1.83 bits per heavy atom. The number of ketones is 1. The minimum Gasteiger partial charge on any atom is -0.508 e. The number of phenolic OH excluding ortho intramolecular Hbond substituents is 1. The summed E-state index contributed by atoms with van der Waals surface area (Å²) in [7, 11) is 0.974. The maximum absolute atomic E-state index is 13.6. The molecule has 1 amide bonds. The molecule has 1 atom stereocenters. The molecular weight excluding hydrogens is 317 g/mol. The smallest absolute Gasteiger partial charge is 0.313 e. The first kappa shape index (κ1) is 17.6. The molecule has 3 N–H and O–H groups in total. The van der Waals surface area contributed by atoms with Crippen molar-refractivity contribution in [2.45, 2.75) is 12.0 Å². The highest BCUT2D eigenvalue weighted by Gasteiger charge is 2.39. The summed E-state index contributed by atoms with van der Waals surface area (Å²) in [5.41, 5.74) is -2.21. The van der Waals surface area contributed by atoms with Crippen LogP contribution in [0, 0.1) is 5.82 Å². The topological polar surface area (TPSA) is 98.1 Å². The van der Waals surface area contributed by atoms with E-state index in [9.17, 15) is 24.2 Å². The van der Waals surface area contributed by atoms with E-state index < -0.39 is 29.5 Å². The number of aromatic hydroxyl groups is 1. The van der Waals surface area contributed by atoms with Crippen molar-refractivity contribution in [2.75, 3.05) is 7.05 Å². The largest absolute Gasteiger partial charge is 0.508 e. The van der Waals surface area contributed by atoms with E-state index in [0.29, 0.717) is 0 Å². The number of hydrogen-bond donors (Lipinski definition) is 3. The molecule has 0 saturated carbocycles. The van der Waals surface area contributed by atoms with Gasteiger partial charge in [0, 0.05) is 12.6 Å². The molecule has 0 fully saturated rings. The van der Waals surface area contributed by atoms with E-state index in [-0.39, 0.29) is 21.9 Å². The number of hydrogen-bond acceptors (Lipinski definition) is 5. The van der Waals surface area contributed by atoms with Gasteiger partial charge in [-0.3, -0.25) is 14.8 Å². The molecule has 0 aliphatic carbocycles. The Labute approximate surface area is 137 Å². The van der Waals surface area contributed by atoms with Crippen molar-refractivity contribution in [3.8, 4) is 5.75 Å². The second-order valence-corrected chi connectivity index (χ2v) is 5.32. The summed E-state index contributed by atoms with van der Waals surface area (Å²) in [4.78, 5) is 23.7. The number of para-hydroxylation sites is 1. The number of likely N-dealkylation sites (N-methyl/N-ethyl adjacent to an activating group) is 1. The van der Waals surface area contributed by atoms with E-state index >= 15 is 0 Å². The van der Waals surface area contributed by atoms with Crippen molar-refractivity contribution in [3.05, 3.63) is 65.5 Å². The van der Waals surface area contributed by atoms with Crippen LogP contribution in [0.15, 0.2) is 48.5 Å². The lowest BCUT2D eigenvalue weighted by Gasteiger charge is -2.29. The number of nitrogens with zero attached hydrogens (tertiary/aromatic N) is 1. The van der Waals surface area contributed by atoms with Crippen LogP contribution >= 0.6 is 0 Å². The van der Waals surface area contributed by atoms with Crippen molar-refractivity contribution < 1.29 is 29.4 Å². The first-order valence-electron chi connectivity index (χ1n) is 7.02. The third-order valence-electron chi connectivity index (χ3n) is 3.60. The predicted molar refractivity (Wildman–Crippen MR) is 81.7 cm³/mol. The van der Waals surface area contributed by atoms with Gasteiger partial charge >= 0.3 is 5.91 Å². The molecule has 1 unspecified atom stereocenters. The van der Waals surface area contributed by atoms with Gasteiger partial charge in [-0.15, -0.1) is 0 Å². The number of carbonyl (C=O) groups excluding carboxylic acids is 2. The molecule has 2 rings (SSSR count). The van der Waals surface area contributed by atoms with Crippen molar-refractivity contribution in [2.24, 2.45) is 0 Å². The Bertz CT molecular complexity index is 777. The zero-order chi connectivity index (χ0) is 17.9. The number of benzene rings is 2. The van der Waals surface area contributed by atoms with Gasteiger partial charge in [-0.2, -0.15) is 0 Å². The zero-order valence-electron chi connectivity index (χ0n) is 12.8. The molecule has 0 aliphatic rings. The van der Waals surface area contributed by atoms with Crippen LogP contribution in [-0.2, 0) is 15.2 Å². The van der Waals surface area contributed by atoms with E-state index in [2.05, 4.69) is 0 Å². The molecule has 0 aromatic heterocycles. The zero-order valence-corrected chi connectivity index (χ0v) is 12.8. The fourth-order valence-electron chi connectivity index (χ4n) is 2.41. The summed E-state index contributed by atoms with van der Waals surface area (Å²) in [5, 5.41) is 30.3. The summed E-state index contributed by atoms with van der Waals surface area (Å²) in [6.45, 7) is 0. The van der Waals surface area contributed by atoms with E-state index in [0.717, 1.165) is 19.2 Å².